The van der Waals surface area contributed by atoms with E-state index in [4.69, 9.17) is 9.47 Å². The highest BCUT2D eigenvalue weighted by Crippen LogP contribution is 2.25. The Morgan fingerprint density at radius 1 is 1.18 bits per heavy atom. The minimum absolute atomic E-state index is 0.352. The van der Waals surface area contributed by atoms with Crippen molar-refractivity contribution in [2.75, 3.05) is 13.7 Å². The third-order valence-corrected chi connectivity index (χ3v) is 3.23. The molecular formula is C14H21NO2. The molecule has 2 unspecified atom stereocenters. The van der Waals surface area contributed by atoms with Crippen LogP contribution >= 0.6 is 0 Å². The molecule has 0 heterocycles. The van der Waals surface area contributed by atoms with Crippen molar-refractivity contribution in [3.8, 4) is 11.5 Å². The molecule has 3 nitrogen and oxygen atoms in total. The Morgan fingerprint density at radius 2 is 1.88 bits per heavy atom. The van der Waals surface area contributed by atoms with Gasteiger partial charge >= 0.3 is 0 Å². The summed E-state index contributed by atoms with van der Waals surface area (Å²) in [6.07, 6.45) is 3.80. The van der Waals surface area contributed by atoms with Crippen LogP contribution < -0.4 is 14.8 Å². The van der Waals surface area contributed by atoms with Crippen molar-refractivity contribution in [1.29, 1.82) is 0 Å². The Kier molecular flexibility index (Phi) is 4.26. The standard InChI is InChI=1S/C14H21NO2/c1-3-16-12-6-8-13(9-7-12)17-14-5-4-11(10-14)15-2/h6-9,11,14-15H,3-5,10H2,1-2H3. The van der Waals surface area contributed by atoms with Crippen LogP contribution in [0.3, 0.4) is 0 Å². The Hall–Kier alpha value is -1.22. The number of hydrogen-bond donors (Lipinski definition) is 1. The van der Waals surface area contributed by atoms with Crippen LogP contribution in [0.2, 0.25) is 0 Å². The maximum absolute atomic E-state index is 5.94. The predicted octanol–water partition coefficient (Wildman–Crippen LogP) is 2.60. The average molecular weight is 235 g/mol. The van der Waals surface area contributed by atoms with Crippen LogP contribution in [-0.4, -0.2) is 25.8 Å². The van der Waals surface area contributed by atoms with Crippen molar-refractivity contribution in [1.82, 2.24) is 5.32 Å². The molecule has 0 saturated heterocycles. The number of nitrogens with one attached hydrogen (secondary N) is 1. The second kappa shape index (κ2) is 5.92. The Labute approximate surface area is 103 Å². The van der Waals surface area contributed by atoms with Crippen LogP contribution in [0.25, 0.3) is 0 Å². The van der Waals surface area contributed by atoms with Crippen molar-refractivity contribution < 1.29 is 9.47 Å². The van der Waals surface area contributed by atoms with Crippen molar-refractivity contribution in [3.63, 3.8) is 0 Å². The van der Waals surface area contributed by atoms with E-state index in [9.17, 15) is 0 Å². The molecule has 17 heavy (non-hydrogen) atoms. The Morgan fingerprint density at radius 3 is 2.47 bits per heavy atom. The highest BCUT2D eigenvalue weighted by atomic mass is 16.5. The molecule has 1 fully saturated rings. The molecule has 0 aliphatic heterocycles. The van der Waals surface area contributed by atoms with Gasteiger partial charge in [0, 0.05) is 6.04 Å². The molecule has 1 aliphatic rings. The molecule has 3 heteroatoms. The molecule has 0 radical (unpaired) electrons. The van der Waals surface area contributed by atoms with E-state index >= 15 is 0 Å². The molecular weight excluding hydrogens is 214 g/mol. The zero-order valence-electron chi connectivity index (χ0n) is 10.6. The second-order valence-corrected chi connectivity index (χ2v) is 4.44. The van der Waals surface area contributed by atoms with E-state index in [1.165, 1.54) is 6.42 Å². The zero-order chi connectivity index (χ0) is 12.1. The van der Waals surface area contributed by atoms with Crippen LogP contribution in [0.15, 0.2) is 24.3 Å². The van der Waals surface area contributed by atoms with Gasteiger partial charge in [0.25, 0.3) is 0 Å². The molecule has 1 N–H and O–H groups in total. The summed E-state index contributed by atoms with van der Waals surface area (Å²) in [5, 5.41) is 3.31. The Bertz CT molecular complexity index is 337. The van der Waals surface area contributed by atoms with E-state index in [1.54, 1.807) is 0 Å². The lowest BCUT2D eigenvalue weighted by molar-refractivity contribution is 0.206. The van der Waals surface area contributed by atoms with Gasteiger partial charge < -0.3 is 14.8 Å². The quantitative estimate of drug-likeness (QED) is 0.851. The molecule has 2 atom stereocenters. The summed E-state index contributed by atoms with van der Waals surface area (Å²) in [7, 11) is 2.02. The maximum Gasteiger partial charge on any atom is 0.119 e. The summed E-state index contributed by atoms with van der Waals surface area (Å²) >= 11 is 0. The third-order valence-electron chi connectivity index (χ3n) is 3.23. The highest BCUT2D eigenvalue weighted by Gasteiger charge is 2.24. The van der Waals surface area contributed by atoms with Gasteiger partial charge in [-0.25, -0.2) is 0 Å². The zero-order valence-corrected chi connectivity index (χ0v) is 10.6. The number of ether oxygens (including phenoxy) is 2. The fourth-order valence-corrected chi connectivity index (χ4v) is 2.28. The molecule has 0 bridgehead atoms. The first-order valence-electron chi connectivity index (χ1n) is 6.38. The van der Waals surface area contributed by atoms with E-state index in [1.807, 2.05) is 38.2 Å². The van der Waals surface area contributed by atoms with Gasteiger partial charge in [0.2, 0.25) is 0 Å². The summed E-state index contributed by atoms with van der Waals surface area (Å²) in [6, 6.07) is 8.50. The van der Waals surface area contributed by atoms with E-state index in [0.717, 1.165) is 24.3 Å². The summed E-state index contributed by atoms with van der Waals surface area (Å²) in [5.74, 6) is 1.84. The van der Waals surface area contributed by atoms with Crippen LogP contribution in [-0.2, 0) is 0 Å². The van der Waals surface area contributed by atoms with Crippen molar-refractivity contribution in [2.24, 2.45) is 0 Å². The third kappa shape index (κ3) is 3.37. The summed E-state index contributed by atoms with van der Waals surface area (Å²) in [6.45, 7) is 2.69. The lowest BCUT2D eigenvalue weighted by Crippen LogP contribution is -2.23. The minimum atomic E-state index is 0.352. The van der Waals surface area contributed by atoms with Crippen LogP contribution in [0.5, 0.6) is 11.5 Å². The van der Waals surface area contributed by atoms with E-state index in [2.05, 4.69) is 5.32 Å². The molecule has 1 aromatic carbocycles. The average Bonchev–Trinajstić information content (AvgIpc) is 2.80. The smallest absolute Gasteiger partial charge is 0.119 e. The van der Waals surface area contributed by atoms with E-state index in [-0.39, 0.29) is 0 Å². The summed E-state index contributed by atoms with van der Waals surface area (Å²) < 4.78 is 11.3. The molecule has 0 aromatic heterocycles. The van der Waals surface area contributed by atoms with Crippen molar-refractivity contribution >= 4 is 0 Å². The van der Waals surface area contributed by atoms with Crippen molar-refractivity contribution in [3.05, 3.63) is 24.3 Å². The molecule has 0 spiro atoms. The fraction of sp³-hybridized carbons (Fsp3) is 0.571. The first kappa shape index (κ1) is 12.2. The van der Waals surface area contributed by atoms with Crippen LogP contribution in [0.1, 0.15) is 26.2 Å². The van der Waals surface area contributed by atoms with Gasteiger partial charge in [0.05, 0.1) is 6.61 Å². The number of rotatable bonds is 5. The molecule has 1 aliphatic carbocycles. The van der Waals surface area contributed by atoms with Crippen LogP contribution in [0.4, 0.5) is 0 Å². The molecule has 0 amide bonds. The van der Waals surface area contributed by atoms with Crippen molar-refractivity contribution in [2.45, 2.75) is 38.3 Å². The second-order valence-electron chi connectivity index (χ2n) is 4.44. The fourth-order valence-electron chi connectivity index (χ4n) is 2.28. The van der Waals surface area contributed by atoms with Gasteiger partial charge in [-0.15, -0.1) is 0 Å². The largest absolute Gasteiger partial charge is 0.494 e. The van der Waals surface area contributed by atoms with Gasteiger partial charge in [0.15, 0.2) is 0 Å². The van der Waals surface area contributed by atoms with E-state index in [0.29, 0.717) is 18.8 Å². The molecule has 94 valence electrons. The predicted molar refractivity (Wildman–Crippen MR) is 68.7 cm³/mol. The first-order chi connectivity index (χ1) is 8.31. The summed E-state index contributed by atoms with van der Waals surface area (Å²) in [5.41, 5.74) is 0. The molecule has 1 saturated carbocycles. The highest BCUT2D eigenvalue weighted by molar-refractivity contribution is 5.31. The van der Waals surface area contributed by atoms with Crippen LogP contribution in [0, 0.1) is 0 Å². The normalized spacial score (nSPS) is 23.6. The lowest BCUT2D eigenvalue weighted by Gasteiger charge is -2.14. The van der Waals surface area contributed by atoms with Gasteiger partial charge in [0.1, 0.15) is 17.6 Å². The first-order valence-corrected chi connectivity index (χ1v) is 6.38. The van der Waals surface area contributed by atoms with E-state index < -0.39 is 0 Å². The van der Waals surface area contributed by atoms with Gasteiger partial charge in [-0.05, 0) is 57.5 Å². The number of benzene rings is 1. The minimum Gasteiger partial charge on any atom is -0.494 e. The van der Waals surface area contributed by atoms with Gasteiger partial charge in [-0.2, -0.15) is 0 Å². The topological polar surface area (TPSA) is 30.5 Å². The molecule has 2 rings (SSSR count). The monoisotopic (exact) mass is 235 g/mol. The van der Waals surface area contributed by atoms with Gasteiger partial charge in [-0.3, -0.25) is 0 Å². The molecule has 1 aromatic rings. The Balaban J connectivity index is 1.86. The number of hydrogen-bond acceptors (Lipinski definition) is 3. The lowest BCUT2D eigenvalue weighted by atomic mass is 10.2. The summed E-state index contributed by atoms with van der Waals surface area (Å²) in [4.78, 5) is 0. The van der Waals surface area contributed by atoms with Gasteiger partial charge in [-0.1, -0.05) is 0 Å². The SMILES string of the molecule is CCOc1ccc(OC2CCC(NC)C2)cc1. The maximum atomic E-state index is 5.94.